The van der Waals surface area contributed by atoms with Gasteiger partial charge in [-0.2, -0.15) is 0 Å². The van der Waals surface area contributed by atoms with Gasteiger partial charge < -0.3 is 20.1 Å². The predicted octanol–water partition coefficient (Wildman–Crippen LogP) is 0.549. The Balaban J connectivity index is 1.67. The van der Waals surface area contributed by atoms with E-state index in [0.29, 0.717) is 13.1 Å². The number of ether oxygens (including phenoxy) is 1. The Morgan fingerprint density at radius 3 is 2.63 bits per heavy atom. The van der Waals surface area contributed by atoms with E-state index in [-0.39, 0.29) is 24.8 Å². The van der Waals surface area contributed by atoms with Crippen molar-refractivity contribution in [1.29, 1.82) is 0 Å². The molecule has 2 aliphatic heterocycles. The van der Waals surface area contributed by atoms with Gasteiger partial charge in [0.2, 0.25) is 11.8 Å². The summed E-state index contributed by atoms with van der Waals surface area (Å²) in [4.78, 5) is 37.5. The van der Waals surface area contributed by atoms with Crippen molar-refractivity contribution in [1.82, 2.24) is 15.7 Å². The number of carbonyl (C=O) groups is 3. The van der Waals surface area contributed by atoms with Gasteiger partial charge in [-0.3, -0.25) is 14.8 Å². The van der Waals surface area contributed by atoms with Crippen molar-refractivity contribution in [3.05, 3.63) is 35.9 Å². The third-order valence-electron chi connectivity index (χ3n) is 5.24. The Bertz CT molecular complexity index is 698. The topological polar surface area (TPSA) is 128 Å². The van der Waals surface area contributed by atoms with E-state index in [1.165, 1.54) is 5.56 Å². The molecule has 3 rings (SSSR count). The highest BCUT2D eigenvalue weighted by atomic mass is 16.7. The van der Waals surface area contributed by atoms with Crippen molar-refractivity contribution in [3.63, 3.8) is 0 Å². The lowest BCUT2D eigenvalue weighted by atomic mass is 9.87. The van der Waals surface area contributed by atoms with E-state index in [0.717, 1.165) is 6.42 Å². The second-order valence-electron chi connectivity index (χ2n) is 6.89. The van der Waals surface area contributed by atoms with E-state index in [1.54, 1.807) is 10.4 Å². The fourth-order valence-corrected chi connectivity index (χ4v) is 3.89. The first kappa shape index (κ1) is 19.1. The third kappa shape index (κ3) is 4.37. The van der Waals surface area contributed by atoms with Crippen LogP contribution in [0.1, 0.15) is 24.3 Å². The normalized spacial score (nSPS) is 27.8. The minimum Gasteiger partial charge on any atom is -0.450 e. The van der Waals surface area contributed by atoms with Crippen LogP contribution in [0.4, 0.5) is 4.79 Å². The molecule has 3 unspecified atom stereocenters. The SMILES string of the molecule is O=C(O)OC1CNC(C(=O)N2CC[C@H](c3ccccc3)C2)C(C(=O)NO)C1. The van der Waals surface area contributed by atoms with Gasteiger partial charge in [-0.1, -0.05) is 30.3 Å². The highest BCUT2D eigenvalue weighted by molar-refractivity contribution is 5.90. The lowest BCUT2D eigenvalue weighted by molar-refractivity contribution is -0.145. The van der Waals surface area contributed by atoms with Crippen LogP contribution in [0.5, 0.6) is 0 Å². The number of benzene rings is 1. The Hall–Kier alpha value is -2.65. The lowest BCUT2D eigenvalue weighted by Gasteiger charge is -2.36. The number of nitrogens with zero attached hydrogens (tertiary/aromatic N) is 1. The van der Waals surface area contributed by atoms with Gasteiger partial charge in [0.1, 0.15) is 6.10 Å². The van der Waals surface area contributed by atoms with Gasteiger partial charge in [-0.05, 0) is 18.4 Å². The van der Waals surface area contributed by atoms with E-state index >= 15 is 0 Å². The first-order valence-corrected chi connectivity index (χ1v) is 8.90. The highest BCUT2D eigenvalue weighted by Gasteiger charge is 2.43. The summed E-state index contributed by atoms with van der Waals surface area (Å²) in [6.45, 7) is 1.27. The maximum atomic E-state index is 13.0. The number of nitrogens with one attached hydrogen (secondary N) is 2. The second kappa shape index (κ2) is 8.36. The second-order valence-corrected chi connectivity index (χ2v) is 6.89. The Kier molecular flexibility index (Phi) is 5.92. The highest BCUT2D eigenvalue weighted by Crippen LogP contribution is 2.29. The first-order valence-electron chi connectivity index (χ1n) is 8.90. The first-order chi connectivity index (χ1) is 13.0. The summed E-state index contributed by atoms with van der Waals surface area (Å²) in [5.74, 6) is -1.64. The summed E-state index contributed by atoms with van der Waals surface area (Å²) < 4.78 is 4.71. The fraction of sp³-hybridized carbons (Fsp3) is 0.500. The quantitative estimate of drug-likeness (QED) is 0.343. The van der Waals surface area contributed by atoms with Gasteiger partial charge in [0, 0.05) is 25.6 Å². The molecule has 2 heterocycles. The average molecular weight is 377 g/mol. The largest absolute Gasteiger partial charge is 0.506 e. The van der Waals surface area contributed by atoms with E-state index < -0.39 is 30.1 Å². The predicted molar refractivity (Wildman–Crippen MR) is 93.1 cm³/mol. The molecule has 4 atom stereocenters. The molecular formula is C18H23N3O6. The summed E-state index contributed by atoms with van der Waals surface area (Å²) in [7, 11) is 0. The summed E-state index contributed by atoms with van der Waals surface area (Å²) in [5.41, 5.74) is 2.74. The molecule has 0 aliphatic carbocycles. The minimum atomic E-state index is -1.44. The van der Waals surface area contributed by atoms with Crippen molar-refractivity contribution in [2.24, 2.45) is 5.92 Å². The number of likely N-dealkylation sites (tertiary alicyclic amines) is 1. The number of hydrogen-bond donors (Lipinski definition) is 4. The van der Waals surface area contributed by atoms with Crippen LogP contribution in [-0.2, 0) is 14.3 Å². The van der Waals surface area contributed by atoms with Crippen LogP contribution in [0.2, 0.25) is 0 Å². The van der Waals surface area contributed by atoms with Crippen LogP contribution in [0.25, 0.3) is 0 Å². The van der Waals surface area contributed by atoms with E-state index in [9.17, 15) is 14.4 Å². The standard InChI is InChI=1S/C18H23N3O6/c22-16(20-26)14-8-13(27-18(24)25)9-19-15(14)17(23)21-7-6-12(10-21)11-4-2-1-3-5-11/h1-5,12-15,19,26H,6-10H2,(H,20,22)(H,24,25)/t12-,13?,14?,15?/m0/s1. The number of hydrogen-bond acceptors (Lipinski definition) is 6. The van der Waals surface area contributed by atoms with Crippen molar-refractivity contribution >= 4 is 18.0 Å². The van der Waals surface area contributed by atoms with Gasteiger partial charge in [0.15, 0.2) is 0 Å². The zero-order valence-electron chi connectivity index (χ0n) is 14.7. The Morgan fingerprint density at radius 2 is 1.96 bits per heavy atom. The molecule has 0 saturated carbocycles. The Labute approximate surface area is 156 Å². The molecule has 0 aromatic heterocycles. The molecule has 2 saturated heterocycles. The molecule has 0 spiro atoms. The van der Waals surface area contributed by atoms with Gasteiger partial charge in [0.25, 0.3) is 0 Å². The van der Waals surface area contributed by atoms with E-state index in [2.05, 4.69) is 5.32 Å². The van der Waals surface area contributed by atoms with Crippen LogP contribution >= 0.6 is 0 Å². The molecule has 9 heteroatoms. The Morgan fingerprint density at radius 1 is 1.22 bits per heavy atom. The maximum Gasteiger partial charge on any atom is 0.506 e. The number of amides is 2. The summed E-state index contributed by atoms with van der Waals surface area (Å²) in [5, 5.41) is 20.7. The zero-order valence-corrected chi connectivity index (χ0v) is 14.7. The van der Waals surface area contributed by atoms with E-state index in [4.69, 9.17) is 15.1 Å². The molecule has 0 bridgehead atoms. The minimum absolute atomic E-state index is 0.0258. The molecule has 4 N–H and O–H groups in total. The van der Waals surface area contributed by atoms with Crippen LogP contribution < -0.4 is 10.8 Å². The van der Waals surface area contributed by atoms with Crippen molar-refractivity contribution < 1.29 is 29.4 Å². The van der Waals surface area contributed by atoms with Crippen LogP contribution in [0.15, 0.2) is 30.3 Å². The number of carbonyl (C=O) groups excluding carboxylic acids is 2. The van der Waals surface area contributed by atoms with Crippen molar-refractivity contribution in [3.8, 4) is 0 Å². The lowest BCUT2D eigenvalue weighted by Crippen LogP contribution is -2.59. The van der Waals surface area contributed by atoms with Gasteiger partial charge in [-0.15, -0.1) is 0 Å². The smallest absolute Gasteiger partial charge is 0.450 e. The molecule has 9 nitrogen and oxygen atoms in total. The summed E-state index contributed by atoms with van der Waals surface area (Å²) in [6.07, 6.45) is -1.34. The van der Waals surface area contributed by atoms with Crippen LogP contribution in [-0.4, -0.2) is 65.0 Å². The third-order valence-corrected chi connectivity index (χ3v) is 5.24. The fourth-order valence-electron chi connectivity index (χ4n) is 3.89. The van der Waals surface area contributed by atoms with Gasteiger partial charge in [-0.25, -0.2) is 10.3 Å². The number of piperidine rings is 1. The maximum absolute atomic E-state index is 13.0. The van der Waals surface area contributed by atoms with Crippen LogP contribution in [0.3, 0.4) is 0 Å². The number of hydroxylamine groups is 1. The molecule has 0 radical (unpaired) electrons. The molecule has 146 valence electrons. The molecule has 2 fully saturated rings. The summed E-state index contributed by atoms with van der Waals surface area (Å²) >= 11 is 0. The molecular weight excluding hydrogens is 354 g/mol. The van der Waals surface area contributed by atoms with Gasteiger partial charge >= 0.3 is 6.16 Å². The molecule has 27 heavy (non-hydrogen) atoms. The molecule has 2 aliphatic rings. The van der Waals surface area contributed by atoms with Crippen LogP contribution in [0, 0.1) is 5.92 Å². The van der Waals surface area contributed by atoms with Crippen molar-refractivity contribution in [2.75, 3.05) is 19.6 Å². The molecule has 2 amide bonds. The monoisotopic (exact) mass is 377 g/mol. The van der Waals surface area contributed by atoms with Crippen molar-refractivity contribution in [2.45, 2.75) is 30.9 Å². The summed E-state index contributed by atoms with van der Waals surface area (Å²) in [6, 6.07) is 9.11. The molecule has 1 aromatic carbocycles. The number of rotatable bonds is 4. The van der Waals surface area contributed by atoms with E-state index in [1.807, 2.05) is 30.3 Å². The zero-order chi connectivity index (χ0) is 19.4. The van der Waals surface area contributed by atoms with Gasteiger partial charge in [0.05, 0.1) is 12.0 Å². The molecule has 1 aromatic rings. The number of carboxylic acid groups (broad SMARTS) is 1. The average Bonchev–Trinajstić information content (AvgIpc) is 3.17.